The number of nitrogens with zero attached hydrogens (tertiary/aromatic N) is 1. The van der Waals surface area contributed by atoms with Crippen LogP contribution in [0.3, 0.4) is 0 Å². The molecular weight excluding hydrogens is 250 g/mol. The number of hydrogen-bond donors (Lipinski definition) is 1. The molecule has 3 rings (SSSR count). The van der Waals surface area contributed by atoms with E-state index in [0.29, 0.717) is 0 Å². The molecule has 1 saturated heterocycles. The van der Waals surface area contributed by atoms with E-state index in [0.717, 1.165) is 49.8 Å². The smallest absolute Gasteiger partial charge is 0.254 e. The van der Waals surface area contributed by atoms with Crippen molar-refractivity contribution in [3.8, 4) is 0 Å². The van der Waals surface area contributed by atoms with Crippen LogP contribution < -0.4 is 0 Å². The van der Waals surface area contributed by atoms with Crippen LogP contribution in [0, 0.1) is 12.8 Å². The zero-order valence-corrected chi connectivity index (χ0v) is 12.1. The van der Waals surface area contributed by atoms with Gasteiger partial charge in [-0.1, -0.05) is 24.1 Å². The molecule has 20 heavy (non-hydrogen) atoms. The van der Waals surface area contributed by atoms with Crippen LogP contribution in [0.4, 0.5) is 0 Å². The lowest BCUT2D eigenvalue weighted by molar-refractivity contribution is 0.0528. The summed E-state index contributed by atoms with van der Waals surface area (Å²) in [4.78, 5) is 14.7. The minimum Gasteiger partial charge on any atom is -0.393 e. The molecule has 1 N–H and O–H groups in total. The Labute approximate surface area is 120 Å². The maximum Gasteiger partial charge on any atom is 0.254 e. The summed E-state index contributed by atoms with van der Waals surface area (Å²) in [5.74, 6) is 0.418. The van der Waals surface area contributed by atoms with Crippen LogP contribution in [-0.2, 0) is 0 Å². The van der Waals surface area contributed by atoms with Crippen LogP contribution in [0.5, 0.6) is 0 Å². The summed E-state index contributed by atoms with van der Waals surface area (Å²) < 4.78 is 0. The zero-order chi connectivity index (χ0) is 14.1. The molecule has 1 aromatic carbocycles. The van der Waals surface area contributed by atoms with Crippen LogP contribution in [0.2, 0.25) is 0 Å². The second-order valence-corrected chi connectivity index (χ2v) is 6.24. The molecule has 0 aromatic heterocycles. The van der Waals surface area contributed by atoms with Gasteiger partial charge >= 0.3 is 0 Å². The van der Waals surface area contributed by atoms with Crippen LogP contribution in [0.25, 0.3) is 0 Å². The van der Waals surface area contributed by atoms with Crippen LogP contribution >= 0.6 is 0 Å². The Kier molecular flexibility index (Phi) is 3.79. The molecule has 1 aromatic rings. The maximum atomic E-state index is 12.7. The molecule has 1 aliphatic carbocycles. The van der Waals surface area contributed by atoms with E-state index in [4.69, 9.17) is 0 Å². The molecule has 1 saturated carbocycles. The first-order valence-electron chi connectivity index (χ1n) is 7.72. The highest BCUT2D eigenvalue weighted by molar-refractivity contribution is 5.94. The first-order chi connectivity index (χ1) is 9.66. The van der Waals surface area contributed by atoms with Gasteiger partial charge in [0.15, 0.2) is 0 Å². The monoisotopic (exact) mass is 273 g/mol. The largest absolute Gasteiger partial charge is 0.393 e. The molecule has 0 spiro atoms. The van der Waals surface area contributed by atoms with Crippen molar-refractivity contribution in [2.24, 2.45) is 5.92 Å². The lowest BCUT2D eigenvalue weighted by Gasteiger charge is -2.31. The summed E-state index contributed by atoms with van der Waals surface area (Å²) in [6.45, 7) is 2.85. The van der Waals surface area contributed by atoms with Gasteiger partial charge in [-0.2, -0.15) is 0 Å². The van der Waals surface area contributed by atoms with Crippen molar-refractivity contribution in [2.75, 3.05) is 6.54 Å². The molecule has 1 heterocycles. The molecule has 1 amide bonds. The highest BCUT2D eigenvalue weighted by Gasteiger charge is 2.40. The molecule has 0 bridgehead atoms. The van der Waals surface area contributed by atoms with Crippen LogP contribution in [0.15, 0.2) is 24.3 Å². The number of rotatable bonds is 2. The summed E-state index contributed by atoms with van der Waals surface area (Å²) in [5, 5.41) is 10.1. The van der Waals surface area contributed by atoms with Gasteiger partial charge in [-0.25, -0.2) is 0 Å². The van der Waals surface area contributed by atoms with Gasteiger partial charge < -0.3 is 10.0 Å². The third kappa shape index (κ3) is 2.47. The van der Waals surface area contributed by atoms with Crippen molar-refractivity contribution in [2.45, 2.75) is 51.2 Å². The molecule has 3 nitrogen and oxygen atoms in total. The van der Waals surface area contributed by atoms with Crippen molar-refractivity contribution < 1.29 is 9.90 Å². The Bertz CT molecular complexity index is 500. The van der Waals surface area contributed by atoms with E-state index >= 15 is 0 Å². The molecular formula is C17H23NO2. The summed E-state index contributed by atoms with van der Waals surface area (Å²) >= 11 is 0. The summed E-state index contributed by atoms with van der Waals surface area (Å²) in [6, 6.07) is 8.05. The lowest BCUT2D eigenvalue weighted by atomic mass is 9.93. The number of aliphatic hydroxyl groups is 1. The van der Waals surface area contributed by atoms with E-state index in [1.165, 1.54) is 0 Å². The normalized spacial score (nSPS) is 29.9. The van der Waals surface area contributed by atoms with Crippen molar-refractivity contribution >= 4 is 5.91 Å². The Balaban J connectivity index is 1.79. The third-order valence-corrected chi connectivity index (χ3v) is 4.85. The predicted octanol–water partition coefficient (Wildman–Crippen LogP) is 2.76. The maximum absolute atomic E-state index is 12.7. The summed E-state index contributed by atoms with van der Waals surface area (Å²) in [6.07, 6.45) is 4.93. The van der Waals surface area contributed by atoms with Crippen molar-refractivity contribution in [1.29, 1.82) is 0 Å². The van der Waals surface area contributed by atoms with E-state index in [-0.39, 0.29) is 24.0 Å². The lowest BCUT2D eigenvalue weighted by Crippen LogP contribution is -2.42. The highest BCUT2D eigenvalue weighted by Crippen LogP contribution is 2.36. The number of aliphatic hydroxyl groups excluding tert-OH is 1. The number of aryl methyl sites for hydroxylation is 1. The molecule has 3 atom stereocenters. The minimum atomic E-state index is -0.217. The van der Waals surface area contributed by atoms with Gasteiger partial charge in [0.1, 0.15) is 0 Å². The Morgan fingerprint density at radius 1 is 1.25 bits per heavy atom. The van der Waals surface area contributed by atoms with Gasteiger partial charge in [0.25, 0.3) is 5.91 Å². The Morgan fingerprint density at radius 2 is 2.10 bits per heavy atom. The molecule has 3 heteroatoms. The first kappa shape index (κ1) is 13.6. The molecule has 0 radical (unpaired) electrons. The fraction of sp³-hybridized carbons (Fsp3) is 0.588. The first-order valence-corrected chi connectivity index (χ1v) is 7.72. The number of likely N-dealkylation sites (tertiary alicyclic amines) is 1. The fourth-order valence-corrected chi connectivity index (χ4v) is 3.85. The van der Waals surface area contributed by atoms with Crippen molar-refractivity contribution in [3.63, 3.8) is 0 Å². The van der Waals surface area contributed by atoms with E-state index in [1.54, 1.807) is 0 Å². The number of carbonyl (C=O) groups is 1. The number of amides is 1. The number of carbonyl (C=O) groups excluding carboxylic acids is 1. The summed E-state index contributed by atoms with van der Waals surface area (Å²) in [5.41, 5.74) is 1.90. The van der Waals surface area contributed by atoms with Crippen LogP contribution in [-0.4, -0.2) is 34.6 Å². The SMILES string of the molecule is Cc1cccc(C(=O)N2CCCC2C2CCCC2O)c1. The van der Waals surface area contributed by atoms with E-state index in [2.05, 4.69) is 0 Å². The topological polar surface area (TPSA) is 40.5 Å². The van der Waals surface area contributed by atoms with E-state index in [1.807, 2.05) is 36.1 Å². The number of hydrogen-bond acceptors (Lipinski definition) is 2. The second-order valence-electron chi connectivity index (χ2n) is 6.24. The molecule has 2 aliphatic rings. The molecule has 3 unspecified atom stereocenters. The average Bonchev–Trinajstić information content (AvgIpc) is 3.06. The highest BCUT2D eigenvalue weighted by atomic mass is 16.3. The predicted molar refractivity (Wildman–Crippen MR) is 78.6 cm³/mol. The Morgan fingerprint density at radius 3 is 2.80 bits per heavy atom. The van der Waals surface area contributed by atoms with Gasteiger partial charge in [0.05, 0.1) is 6.10 Å². The molecule has 108 valence electrons. The molecule has 1 aliphatic heterocycles. The van der Waals surface area contributed by atoms with Gasteiger partial charge in [-0.3, -0.25) is 4.79 Å². The van der Waals surface area contributed by atoms with Gasteiger partial charge in [-0.05, 0) is 44.7 Å². The van der Waals surface area contributed by atoms with Crippen LogP contribution in [0.1, 0.15) is 48.0 Å². The van der Waals surface area contributed by atoms with Crippen molar-refractivity contribution in [1.82, 2.24) is 4.90 Å². The van der Waals surface area contributed by atoms with Gasteiger partial charge in [0.2, 0.25) is 0 Å². The second kappa shape index (κ2) is 5.57. The van der Waals surface area contributed by atoms with E-state index < -0.39 is 0 Å². The third-order valence-electron chi connectivity index (χ3n) is 4.85. The van der Waals surface area contributed by atoms with Crippen molar-refractivity contribution in [3.05, 3.63) is 35.4 Å². The minimum absolute atomic E-state index is 0.135. The molecule has 2 fully saturated rings. The van der Waals surface area contributed by atoms with E-state index in [9.17, 15) is 9.90 Å². The summed E-state index contributed by atoms with van der Waals surface area (Å²) in [7, 11) is 0. The Hall–Kier alpha value is -1.35. The average molecular weight is 273 g/mol. The number of benzene rings is 1. The fourth-order valence-electron chi connectivity index (χ4n) is 3.85. The van der Waals surface area contributed by atoms with Gasteiger partial charge in [0, 0.05) is 24.1 Å². The van der Waals surface area contributed by atoms with Gasteiger partial charge in [-0.15, -0.1) is 0 Å². The standard InChI is InChI=1S/C17H23NO2/c1-12-5-2-6-13(11-12)17(20)18-10-4-8-15(18)14-7-3-9-16(14)19/h2,5-6,11,14-16,19H,3-4,7-10H2,1H3. The zero-order valence-electron chi connectivity index (χ0n) is 12.1. The quantitative estimate of drug-likeness (QED) is 0.900.